The van der Waals surface area contributed by atoms with Crippen LogP contribution in [0.3, 0.4) is 0 Å². The molecule has 0 atom stereocenters. The zero-order valence-corrected chi connectivity index (χ0v) is 33.8. The van der Waals surface area contributed by atoms with Crippen molar-refractivity contribution in [3.05, 3.63) is 101 Å². The minimum Gasteiger partial charge on any atom is -0.372 e. The molecule has 3 N–H and O–H groups in total. The predicted octanol–water partition coefficient (Wildman–Crippen LogP) is 6.76. The van der Waals surface area contributed by atoms with E-state index in [-0.39, 0.29) is 23.2 Å². The lowest BCUT2D eigenvalue weighted by atomic mass is 9.95. The smallest absolute Gasteiger partial charge is 0.328 e. The molecule has 3 aliphatic heterocycles. The molecule has 9 rings (SSSR count). The second kappa shape index (κ2) is 15.4. The van der Waals surface area contributed by atoms with Crippen LogP contribution in [0.2, 0.25) is 0 Å². The third-order valence-corrected chi connectivity index (χ3v) is 11.8. The lowest BCUT2D eigenvalue weighted by Crippen LogP contribution is -2.49. The van der Waals surface area contributed by atoms with E-state index in [2.05, 4.69) is 83.0 Å². The number of aromatic nitrogens is 5. The molecule has 0 saturated carbocycles. The number of nitrogens with one attached hydrogen (secondary N) is 3. The molecule has 2 fully saturated rings. The highest BCUT2D eigenvalue weighted by molar-refractivity contribution is 6.12. The first-order chi connectivity index (χ1) is 28.5. The van der Waals surface area contributed by atoms with Crippen molar-refractivity contribution in [2.45, 2.75) is 58.9 Å². The summed E-state index contributed by atoms with van der Waals surface area (Å²) in [6.07, 6.45) is 6.55. The Morgan fingerprint density at radius 1 is 0.949 bits per heavy atom. The SMILES string of the molecule is Cc1cc(-c2ncnc3[nH]c4cc(C5=CCN(CC6CCN(c7ccc(N8CCC(=O)NC8=O)cc7)CC6)C5)ccc4c23)ccc1CNC(=O)c1nc(C(C)(C)C)no1. The molecular formula is C45H48N10O4. The van der Waals surface area contributed by atoms with Crippen molar-refractivity contribution in [2.75, 3.05) is 49.1 Å². The number of hydrogen-bond donors (Lipinski definition) is 3. The summed E-state index contributed by atoms with van der Waals surface area (Å²) in [6, 6.07) is 20.6. The number of piperidine rings is 1. The normalized spacial score (nSPS) is 16.9. The zero-order valence-electron chi connectivity index (χ0n) is 33.8. The van der Waals surface area contributed by atoms with Crippen molar-refractivity contribution < 1.29 is 18.9 Å². The number of rotatable bonds is 9. The van der Waals surface area contributed by atoms with E-state index in [4.69, 9.17) is 9.51 Å². The van der Waals surface area contributed by atoms with Crippen molar-refractivity contribution >= 4 is 56.7 Å². The maximum absolute atomic E-state index is 12.8. The van der Waals surface area contributed by atoms with Gasteiger partial charge in [0.1, 0.15) is 12.0 Å². The molecule has 14 heteroatoms. The molecule has 2 saturated heterocycles. The van der Waals surface area contributed by atoms with Gasteiger partial charge < -0.3 is 19.7 Å². The molecular weight excluding hydrogens is 745 g/mol. The highest BCUT2D eigenvalue weighted by Crippen LogP contribution is 2.35. The summed E-state index contributed by atoms with van der Waals surface area (Å²) in [6.45, 7) is 13.6. The average molecular weight is 793 g/mol. The fourth-order valence-electron chi connectivity index (χ4n) is 8.41. The molecule has 0 spiro atoms. The van der Waals surface area contributed by atoms with E-state index >= 15 is 0 Å². The summed E-state index contributed by atoms with van der Waals surface area (Å²) >= 11 is 0. The van der Waals surface area contributed by atoms with Crippen LogP contribution in [0.5, 0.6) is 0 Å². The van der Waals surface area contributed by atoms with Gasteiger partial charge in [-0.3, -0.25) is 24.7 Å². The van der Waals surface area contributed by atoms with Crippen LogP contribution in [0, 0.1) is 12.8 Å². The Hall–Kier alpha value is -6.41. The van der Waals surface area contributed by atoms with E-state index in [0.717, 1.165) is 95.6 Å². The van der Waals surface area contributed by atoms with Gasteiger partial charge >= 0.3 is 17.8 Å². The van der Waals surface area contributed by atoms with Crippen molar-refractivity contribution in [1.82, 2.24) is 40.6 Å². The number of amides is 4. The minimum atomic E-state index is -0.404. The molecule has 6 heterocycles. The Kier molecular flexibility index (Phi) is 9.95. The molecule has 302 valence electrons. The van der Waals surface area contributed by atoms with Crippen molar-refractivity contribution in [3.63, 3.8) is 0 Å². The van der Waals surface area contributed by atoms with Gasteiger partial charge in [-0.1, -0.05) is 56.3 Å². The second-order valence-corrected chi connectivity index (χ2v) is 17.0. The number of carbonyl (C=O) groups is 3. The molecule has 3 aromatic carbocycles. The molecule has 59 heavy (non-hydrogen) atoms. The number of nitrogens with zero attached hydrogens (tertiary/aromatic N) is 7. The van der Waals surface area contributed by atoms with Crippen LogP contribution >= 0.6 is 0 Å². The van der Waals surface area contributed by atoms with E-state index < -0.39 is 5.91 Å². The number of benzene rings is 3. The standard InChI is InChI=1S/C45H48N10O4/c1-27-21-30(5-6-31(27)23-46-41(57)42-51-43(52-59-42)45(2,3)4)39-38-35-12-7-29(22-36(35)49-40(38)48-26-47-39)32-15-17-53(25-32)24-28-13-18-54(19-14-28)33-8-10-34(11-9-33)55-20-16-37(56)50-44(55)58/h5-12,15,21-22,26,28H,13-14,16-20,23-25H2,1-4H3,(H,46,57)(H,47,48,49)(H,50,56,58). The fraction of sp³-hybridized carbons (Fsp3) is 0.356. The lowest BCUT2D eigenvalue weighted by molar-refractivity contribution is -0.120. The number of aryl methyl sites for hydroxylation is 1. The average Bonchev–Trinajstić information content (AvgIpc) is 4.00. The lowest BCUT2D eigenvalue weighted by Gasteiger charge is -2.35. The van der Waals surface area contributed by atoms with Crippen LogP contribution in [0.15, 0.2) is 77.6 Å². The van der Waals surface area contributed by atoms with Gasteiger partial charge in [-0.15, -0.1) is 0 Å². The number of carbonyl (C=O) groups excluding carboxylic acids is 3. The van der Waals surface area contributed by atoms with Gasteiger partial charge in [-0.05, 0) is 84.3 Å². The molecule has 3 aliphatic rings. The molecule has 0 aliphatic carbocycles. The van der Waals surface area contributed by atoms with E-state index in [0.29, 0.717) is 31.3 Å². The zero-order chi connectivity index (χ0) is 40.8. The topological polar surface area (TPSA) is 165 Å². The number of H-pyrrole nitrogens is 1. The summed E-state index contributed by atoms with van der Waals surface area (Å²) in [4.78, 5) is 60.3. The molecule has 3 aromatic heterocycles. The summed E-state index contributed by atoms with van der Waals surface area (Å²) in [5.74, 6) is 0.456. The number of urea groups is 1. The van der Waals surface area contributed by atoms with Crippen LogP contribution in [0.4, 0.5) is 16.2 Å². The number of anilines is 2. The first kappa shape index (κ1) is 38.1. The van der Waals surface area contributed by atoms with Gasteiger partial charge in [0.2, 0.25) is 5.91 Å². The van der Waals surface area contributed by atoms with E-state index in [1.54, 1.807) is 11.2 Å². The molecule has 6 aromatic rings. The molecule has 4 amide bonds. The van der Waals surface area contributed by atoms with E-state index in [1.807, 2.05) is 52.0 Å². The summed E-state index contributed by atoms with van der Waals surface area (Å²) in [5, 5.41) is 11.3. The van der Waals surface area contributed by atoms with Crippen LogP contribution in [-0.4, -0.2) is 87.1 Å². The summed E-state index contributed by atoms with van der Waals surface area (Å²) in [7, 11) is 0. The number of fused-ring (bicyclic) bond motifs is 3. The highest BCUT2D eigenvalue weighted by atomic mass is 16.5. The number of hydrogen-bond acceptors (Lipinski definition) is 10. The highest BCUT2D eigenvalue weighted by Gasteiger charge is 2.27. The first-order valence-corrected chi connectivity index (χ1v) is 20.3. The molecule has 0 radical (unpaired) electrons. The van der Waals surface area contributed by atoms with E-state index in [9.17, 15) is 14.4 Å². The third-order valence-electron chi connectivity index (χ3n) is 11.8. The Morgan fingerprint density at radius 2 is 1.73 bits per heavy atom. The van der Waals surface area contributed by atoms with Crippen LogP contribution in [0.25, 0.3) is 38.8 Å². The Bertz CT molecular complexity index is 2610. The van der Waals surface area contributed by atoms with Gasteiger partial charge in [-0.25, -0.2) is 14.8 Å². The number of imide groups is 1. The summed E-state index contributed by atoms with van der Waals surface area (Å²) in [5.41, 5.74) is 9.87. The Labute approximate surface area is 342 Å². The monoisotopic (exact) mass is 792 g/mol. The fourth-order valence-corrected chi connectivity index (χ4v) is 8.41. The predicted molar refractivity (Wildman–Crippen MR) is 227 cm³/mol. The van der Waals surface area contributed by atoms with Crippen LogP contribution in [0.1, 0.15) is 73.2 Å². The summed E-state index contributed by atoms with van der Waals surface area (Å²) < 4.78 is 5.21. The van der Waals surface area contributed by atoms with E-state index in [1.165, 1.54) is 16.8 Å². The first-order valence-electron chi connectivity index (χ1n) is 20.3. The van der Waals surface area contributed by atoms with Crippen molar-refractivity contribution in [2.24, 2.45) is 5.92 Å². The van der Waals surface area contributed by atoms with Crippen molar-refractivity contribution in [1.29, 1.82) is 0 Å². The third kappa shape index (κ3) is 7.79. The Balaban J connectivity index is 0.812. The van der Waals surface area contributed by atoms with Crippen LogP contribution in [-0.2, 0) is 16.8 Å². The maximum Gasteiger partial charge on any atom is 0.328 e. The molecule has 0 bridgehead atoms. The largest absolute Gasteiger partial charge is 0.372 e. The van der Waals surface area contributed by atoms with Gasteiger partial charge in [0.05, 0.1) is 11.1 Å². The van der Waals surface area contributed by atoms with Crippen LogP contribution < -0.4 is 20.4 Å². The van der Waals surface area contributed by atoms with Gasteiger partial charge in [-0.2, -0.15) is 4.98 Å². The number of aromatic amines is 1. The minimum absolute atomic E-state index is 0.0430. The molecule has 14 nitrogen and oxygen atoms in total. The second-order valence-electron chi connectivity index (χ2n) is 17.0. The Morgan fingerprint density at radius 3 is 2.47 bits per heavy atom. The van der Waals surface area contributed by atoms with Crippen molar-refractivity contribution in [3.8, 4) is 11.3 Å². The molecule has 0 unspecified atom stereocenters. The van der Waals surface area contributed by atoms with Gasteiger partial charge in [0.15, 0.2) is 5.82 Å². The van der Waals surface area contributed by atoms with Gasteiger partial charge in [0, 0.05) is 85.5 Å². The van der Waals surface area contributed by atoms with Gasteiger partial charge in [0.25, 0.3) is 0 Å². The quantitative estimate of drug-likeness (QED) is 0.143. The maximum atomic E-state index is 12.8.